The van der Waals surface area contributed by atoms with E-state index in [9.17, 15) is 4.79 Å². The lowest BCUT2D eigenvalue weighted by Gasteiger charge is -2.09. The molecule has 0 atom stereocenters. The van der Waals surface area contributed by atoms with Gasteiger partial charge in [-0.05, 0) is 55.0 Å². The molecule has 2 aromatic carbocycles. The summed E-state index contributed by atoms with van der Waals surface area (Å²) in [6.45, 7) is 0. The molecule has 1 aliphatic carbocycles. The van der Waals surface area contributed by atoms with E-state index in [1.807, 2.05) is 30.3 Å². The number of hydrogen-bond acceptors (Lipinski definition) is 4. The first-order chi connectivity index (χ1) is 13.2. The molecule has 5 rings (SSSR count). The highest BCUT2D eigenvalue weighted by Crippen LogP contribution is 2.36. The van der Waals surface area contributed by atoms with Crippen LogP contribution in [0, 0.1) is 0 Å². The van der Waals surface area contributed by atoms with E-state index >= 15 is 0 Å². The Kier molecular flexibility index (Phi) is 3.78. The molecule has 0 saturated heterocycles. The van der Waals surface area contributed by atoms with Gasteiger partial charge in [0.1, 0.15) is 16.9 Å². The standard InChI is InChI=1S/C23H20O4/c1-25-15-9-7-14(8-10-15)20-13-26-21-12-22-18(11-19(20)21)16-5-3-2-4-6-17(16)23(24)27-22/h7-13H,2-6H2,1H3. The molecule has 0 unspecified atom stereocenters. The zero-order chi connectivity index (χ0) is 18.4. The van der Waals surface area contributed by atoms with Crippen molar-refractivity contribution in [1.29, 1.82) is 0 Å². The van der Waals surface area contributed by atoms with Crippen molar-refractivity contribution in [3.63, 3.8) is 0 Å². The van der Waals surface area contributed by atoms with Crippen LogP contribution in [0.15, 0.2) is 56.3 Å². The maximum absolute atomic E-state index is 12.4. The van der Waals surface area contributed by atoms with Gasteiger partial charge in [0.15, 0.2) is 0 Å². The molecule has 0 N–H and O–H groups in total. The maximum Gasteiger partial charge on any atom is 0.339 e. The van der Waals surface area contributed by atoms with Crippen molar-refractivity contribution in [2.45, 2.75) is 32.1 Å². The van der Waals surface area contributed by atoms with Crippen LogP contribution in [0.5, 0.6) is 5.75 Å². The van der Waals surface area contributed by atoms with Gasteiger partial charge < -0.3 is 13.6 Å². The molecule has 0 aliphatic heterocycles. The van der Waals surface area contributed by atoms with Crippen molar-refractivity contribution in [1.82, 2.24) is 0 Å². The van der Waals surface area contributed by atoms with Crippen LogP contribution < -0.4 is 10.4 Å². The molecule has 2 aromatic heterocycles. The number of fused-ring (bicyclic) bond motifs is 4. The normalized spacial score (nSPS) is 14.3. The fourth-order valence-electron chi connectivity index (χ4n) is 4.14. The molecule has 0 amide bonds. The van der Waals surface area contributed by atoms with E-state index in [1.165, 1.54) is 0 Å². The number of benzene rings is 2. The van der Waals surface area contributed by atoms with Gasteiger partial charge in [0, 0.05) is 28.0 Å². The van der Waals surface area contributed by atoms with Gasteiger partial charge >= 0.3 is 5.63 Å². The molecule has 4 aromatic rings. The van der Waals surface area contributed by atoms with Crippen LogP contribution in [0.3, 0.4) is 0 Å². The number of rotatable bonds is 2. The zero-order valence-corrected chi connectivity index (χ0v) is 15.2. The Labute approximate surface area is 156 Å². The van der Waals surface area contributed by atoms with Gasteiger partial charge in [-0.1, -0.05) is 18.6 Å². The molecule has 4 heteroatoms. The molecule has 0 radical (unpaired) electrons. The topological polar surface area (TPSA) is 52.6 Å². The van der Waals surface area contributed by atoms with Crippen molar-refractivity contribution in [2.75, 3.05) is 7.11 Å². The molecule has 0 saturated carbocycles. The minimum atomic E-state index is -0.194. The fourth-order valence-corrected chi connectivity index (χ4v) is 4.14. The van der Waals surface area contributed by atoms with E-state index in [0.29, 0.717) is 5.58 Å². The van der Waals surface area contributed by atoms with Gasteiger partial charge in [0.05, 0.1) is 13.4 Å². The highest BCUT2D eigenvalue weighted by Gasteiger charge is 2.19. The third kappa shape index (κ3) is 2.64. The minimum Gasteiger partial charge on any atom is -0.497 e. The van der Waals surface area contributed by atoms with E-state index in [-0.39, 0.29) is 5.63 Å². The summed E-state index contributed by atoms with van der Waals surface area (Å²) in [5, 5.41) is 2.07. The molecular weight excluding hydrogens is 340 g/mol. The summed E-state index contributed by atoms with van der Waals surface area (Å²) < 4.78 is 16.7. The number of ether oxygens (including phenoxy) is 1. The first-order valence-corrected chi connectivity index (χ1v) is 9.39. The lowest BCUT2D eigenvalue weighted by atomic mass is 9.97. The first kappa shape index (κ1) is 16.2. The Morgan fingerprint density at radius 1 is 0.889 bits per heavy atom. The van der Waals surface area contributed by atoms with Crippen molar-refractivity contribution >= 4 is 21.9 Å². The predicted octanol–water partition coefficient (Wildman–Crippen LogP) is 5.48. The number of aryl methyl sites for hydroxylation is 1. The third-order valence-electron chi connectivity index (χ3n) is 5.57. The second-order valence-corrected chi connectivity index (χ2v) is 7.13. The smallest absolute Gasteiger partial charge is 0.339 e. The number of furan rings is 1. The van der Waals surface area contributed by atoms with Crippen LogP contribution in [0.25, 0.3) is 33.1 Å². The molecule has 1 aliphatic rings. The molecule has 0 spiro atoms. The molecular formula is C23H20O4. The molecule has 0 fully saturated rings. The summed E-state index contributed by atoms with van der Waals surface area (Å²) in [6.07, 6.45) is 6.82. The van der Waals surface area contributed by atoms with E-state index in [4.69, 9.17) is 13.6 Å². The van der Waals surface area contributed by atoms with Crippen molar-refractivity contribution in [3.8, 4) is 16.9 Å². The van der Waals surface area contributed by atoms with E-state index in [1.54, 1.807) is 13.4 Å². The fraction of sp³-hybridized carbons (Fsp3) is 0.261. The van der Waals surface area contributed by atoms with Crippen LogP contribution in [-0.4, -0.2) is 7.11 Å². The monoisotopic (exact) mass is 360 g/mol. The van der Waals surface area contributed by atoms with Crippen LogP contribution >= 0.6 is 0 Å². The molecule has 0 bridgehead atoms. The van der Waals surface area contributed by atoms with Crippen LogP contribution in [0.1, 0.15) is 30.4 Å². The molecule has 27 heavy (non-hydrogen) atoms. The lowest BCUT2D eigenvalue weighted by molar-refractivity contribution is 0.415. The summed E-state index contributed by atoms with van der Waals surface area (Å²) in [7, 11) is 1.66. The number of methoxy groups -OCH3 is 1. The quantitative estimate of drug-likeness (QED) is 0.351. The Morgan fingerprint density at radius 2 is 1.67 bits per heavy atom. The van der Waals surface area contributed by atoms with Gasteiger partial charge in [0.2, 0.25) is 0 Å². The van der Waals surface area contributed by atoms with Crippen molar-refractivity contribution in [3.05, 3.63) is 64.2 Å². The summed E-state index contributed by atoms with van der Waals surface area (Å²) in [4.78, 5) is 12.4. The third-order valence-corrected chi connectivity index (χ3v) is 5.57. The Hall–Kier alpha value is -3.01. The van der Waals surface area contributed by atoms with Gasteiger partial charge in [-0.25, -0.2) is 4.79 Å². The van der Waals surface area contributed by atoms with Gasteiger partial charge in [0.25, 0.3) is 0 Å². The SMILES string of the molecule is COc1ccc(-c2coc3cc4oc(=O)c5c(c4cc23)CCCCC5)cc1. The second kappa shape index (κ2) is 6.31. The highest BCUT2D eigenvalue weighted by molar-refractivity contribution is 6.02. The van der Waals surface area contributed by atoms with Crippen LogP contribution in [0.4, 0.5) is 0 Å². The van der Waals surface area contributed by atoms with E-state index < -0.39 is 0 Å². The summed E-state index contributed by atoms with van der Waals surface area (Å²) in [6, 6.07) is 11.9. The minimum absolute atomic E-state index is 0.194. The summed E-state index contributed by atoms with van der Waals surface area (Å²) in [5.74, 6) is 0.823. The molecule has 2 heterocycles. The second-order valence-electron chi connectivity index (χ2n) is 7.13. The average molecular weight is 360 g/mol. The first-order valence-electron chi connectivity index (χ1n) is 9.39. The lowest BCUT2D eigenvalue weighted by Crippen LogP contribution is -2.10. The van der Waals surface area contributed by atoms with E-state index in [2.05, 4.69) is 6.07 Å². The zero-order valence-electron chi connectivity index (χ0n) is 15.2. The molecule has 4 nitrogen and oxygen atoms in total. The van der Waals surface area contributed by atoms with Crippen LogP contribution in [0.2, 0.25) is 0 Å². The Balaban J connectivity index is 1.76. The van der Waals surface area contributed by atoms with Crippen molar-refractivity contribution in [2.24, 2.45) is 0 Å². The summed E-state index contributed by atoms with van der Waals surface area (Å²) >= 11 is 0. The maximum atomic E-state index is 12.4. The number of hydrogen-bond donors (Lipinski definition) is 0. The highest BCUT2D eigenvalue weighted by atomic mass is 16.5. The molecule has 136 valence electrons. The largest absolute Gasteiger partial charge is 0.497 e. The average Bonchev–Trinajstić information content (AvgIpc) is 2.93. The van der Waals surface area contributed by atoms with Gasteiger partial charge in [-0.2, -0.15) is 0 Å². The van der Waals surface area contributed by atoms with Gasteiger partial charge in [-0.3, -0.25) is 0 Å². The van der Waals surface area contributed by atoms with Crippen LogP contribution in [-0.2, 0) is 12.8 Å². The Morgan fingerprint density at radius 3 is 2.44 bits per heavy atom. The van der Waals surface area contributed by atoms with E-state index in [0.717, 1.165) is 76.5 Å². The predicted molar refractivity (Wildman–Crippen MR) is 106 cm³/mol. The van der Waals surface area contributed by atoms with Crippen molar-refractivity contribution < 1.29 is 13.6 Å². The Bertz CT molecular complexity index is 1200. The van der Waals surface area contributed by atoms with Gasteiger partial charge in [-0.15, -0.1) is 0 Å². The summed E-state index contributed by atoms with van der Waals surface area (Å²) in [5.41, 5.74) is 5.26.